The minimum absolute atomic E-state index is 0.0751. The van der Waals surface area contributed by atoms with Gasteiger partial charge in [0.15, 0.2) is 0 Å². The zero-order chi connectivity index (χ0) is 13.7. The van der Waals surface area contributed by atoms with Gasteiger partial charge in [0.2, 0.25) is 5.91 Å². The SMILES string of the molecule is CC(=O)Nc1ccc(SCC(=O)C2CCOC2)cc1. The Kier molecular flexibility index (Phi) is 4.99. The molecule has 1 aromatic rings. The second-order valence-electron chi connectivity index (χ2n) is 4.52. The maximum absolute atomic E-state index is 11.9. The highest BCUT2D eigenvalue weighted by Crippen LogP contribution is 2.23. The molecular formula is C14H17NO3S. The van der Waals surface area contributed by atoms with Gasteiger partial charge in [0.25, 0.3) is 0 Å². The summed E-state index contributed by atoms with van der Waals surface area (Å²) in [6.45, 7) is 2.75. The van der Waals surface area contributed by atoms with Crippen LogP contribution in [0, 0.1) is 5.92 Å². The van der Waals surface area contributed by atoms with Gasteiger partial charge in [-0.1, -0.05) is 0 Å². The fraction of sp³-hybridized carbons (Fsp3) is 0.429. The number of benzene rings is 1. The summed E-state index contributed by atoms with van der Waals surface area (Å²) in [7, 11) is 0. The van der Waals surface area contributed by atoms with Crippen LogP contribution in [0.5, 0.6) is 0 Å². The number of carbonyl (C=O) groups excluding carboxylic acids is 2. The van der Waals surface area contributed by atoms with Gasteiger partial charge in [0, 0.05) is 30.0 Å². The minimum Gasteiger partial charge on any atom is -0.381 e. The quantitative estimate of drug-likeness (QED) is 0.841. The van der Waals surface area contributed by atoms with Crippen molar-refractivity contribution >= 4 is 29.1 Å². The molecule has 0 aliphatic carbocycles. The first-order chi connectivity index (χ1) is 9.15. The summed E-state index contributed by atoms with van der Waals surface area (Å²) < 4.78 is 5.21. The maximum atomic E-state index is 11.9. The normalized spacial score (nSPS) is 18.3. The van der Waals surface area contributed by atoms with Crippen LogP contribution in [-0.2, 0) is 14.3 Å². The monoisotopic (exact) mass is 279 g/mol. The van der Waals surface area contributed by atoms with E-state index in [9.17, 15) is 9.59 Å². The Morgan fingerprint density at radius 2 is 2.11 bits per heavy atom. The largest absolute Gasteiger partial charge is 0.381 e. The summed E-state index contributed by atoms with van der Waals surface area (Å²) >= 11 is 1.53. The number of amides is 1. The highest BCUT2D eigenvalue weighted by Gasteiger charge is 2.23. The van der Waals surface area contributed by atoms with E-state index >= 15 is 0 Å². The summed E-state index contributed by atoms with van der Waals surface area (Å²) in [5.41, 5.74) is 0.771. The molecular weight excluding hydrogens is 262 g/mol. The molecule has 1 unspecified atom stereocenters. The topological polar surface area (TPSA) is 55.4 Å². The molecule has 0 bridgehead atoms. The lowest BCUT2D eigenvalue weighted by Gasteiger charge is -2.07. The van der Waals surface area contributed by atoms with E-state index in [-0.39, 0.29) is 17.6 Å². The Morgan fingerprint density at radius 3 is 2.68 bits per heavy atom. The fourth-order valence-corrected chi connectivity index (χ4v) is 2.77. The number of Topliss-reactive ketones (excluding diaryl/α,β-unsaturated/α-hetero) is 1. The molecule has 1 aliphatic rings. The van der Waals surface area contributed by atoms with Gasteiger partial charge in [0.1, 0.15) is 5.78 Å². The molecule has 0 aromatic heterocycles. The molecule has 2 rings (SSSR count). The Bertz CT molecular complexity index is 452. The molecule has 4 nitrogen and oxygen atoms in total. The van der Waals surface area contributed by atoms with Crippen molar-refractivity contribution in [3.05, 3.63) is 24.3 Å². The van der Waals surface area contributed by atoms with Gasteiger partial charge < -0.3 is 10.1 Å². The predicted molar refractivity (Wildman–Crippen MR) is 75.4 cm³/mol. The lowest BCUT2D eigenvalue weighted by Crippen LogP contribution is -2.16. The zero-order valence-electron chi connectivity index (χ0n) is 10.8. The second kappa shape index (κ2) is 6.73. The van der Waals surface area contributed by atoms with Gasteiger partial charge in [-0.15, -0.1) is 11.8 Å². The van der Waals surface area contributed by atoms with Crippen molar-refractivity contribution in [2.45, 2.75) is 18.2 Å². The van der Waals surface area contributed by atoms with E-state index in [1.165, 1.54) is 18.7 Å². The van der Waals surface area contributed by atoms with E-state index in [1.807, 2.05) is 24.3 Å². The highest BCUT2D eigenvalue weighted by atomic mass is 32.2. The molecule has 1 fully saturated rings. The molecule has 5 heteroatoms. The highest BCUT2D eigenvalue weighted by molar-refractivity contribution is 8.00. The lowest BCUT2D eigenvalue weighted by molar-refractivity contribution is -0.120. The average molecular weight is 279 g/mol. The second-order valence-corrected chi connectivity index (χ2v) is 5.57. The molecule has 1 aromatic carbocycles. The number of ether oxygens (including phenoxy) is 1. The molecule has 1 saturated heterocycles. The summed E-state index contributed by atoms with van der Waals surface area (Å²) in [6.07, 6.45) is 0.848. The van der Waals surface area contributed by atoms with E-state index in [2.05, 4.69) is 5.32 Å². The Labute approximate surface area is 116 Å². The third-order valence-electron chi connectivity index (χ3n) is 2.94. The van der Waals surface area contributed by atoms with Crippen molar-refractivity contribution in [1.29, 1.82) is 0 Å². The van der Waals surface area contributed by atoms with Crippen LogP contribution in [0.15, 0.2) is 29.2 Å². The standard InChI is InChI=1S/C14H17NO3S/c1-10(16)15-12-2-4-13(5-3-12)19-9-14(17)11-6-7-18-8-11/h2-5,11H,6-9H2,1H3,(H,15,16). The molecule has 19 heavy (non-hydrogen) atoms. The summed E-state index contributed by atoms with van der Waals surface area (Å²) in [5.74, 6) is 0.726. The molecule has 1 heterocycles. The number of rotatable bonds is 5. The van der Waals surface area contributed by atoms with Crippen molar-refractivity contribution < 1.29 is 14.3 Å². The molecule has 1 N–H and O–H groups in total. The van der Waals surface area contributed by atoms with Crippen LogP contribution < -0.4 is 5.32 Å². The van der Waals surface area contributed by atoms with Crippen LogP contribution in [0.4, 0.5) is 5.69 Å². The number of hydrogen-bond donors (Lipinski definition) is 1. The van der Waals surface area contributed by atoms with Crippen molar-refractivity contribution in [2.24, 2.45) is 5.92 Å². The van der Waals surface area contributed by atoms with Crippen molar-refractivity contribution in [3.63, 3.8) is 0 Å². The smallest absolute Gasteiger partial charge is 0.221 e. The number of ketones is 1. The molecule has 0 radical (unpaired) electrons. The Hall–Kier alpha value is -1.33. The van der Waals surface area contributed by atoms with Gasteiger partial charge in [-0.2, -0.15) is 0 Å². The van der Waals surface area contributed by atoms with E-state index in [4.69, 9.17) is 4.74 Å². The molecule has 102 valence electrons. The lowest BCUT2D eigenvalue weighted by atomic mass is 10.1. The third kappa shape index (κ3) is 4.36. The predicted octanol–water partition coefficient (Wildman–Crippen LogP) is 2.34. The first-order valence-electron chi connectivity index (χ1n) is 6.26. The molecule has 0 spiro atoms. The van der Waals surface area contributed by atoms with Gasteiger partial charge >= 0.3 is 0 Å². The summed E-state index contributed by atoms with van der Waals surface area (Å²) in [4.78, 5) is 23.8. The first-order valence-corrected chi connectivity index (χ1v) is 7.24. The van der Waals surface area contributed by atoms with Gasteiger partial charge in [-0.05, 0) is 30.7 Å². The van der Waals surface area contributed by atoms with Crippen LogP contribution in [0.25, 0.3) is 0 Å². The van der Waals surface area contributed by atoms with E-state index in [0.717, 1.165) is 17.0 Å². The van der Waals surface area contributed by atoms with Gasteiger partial charge in [0.05, 0.1) is 12.4 Å². The molecule has 1 atom stereocenters. The van der Waals surface area contributed by atoms with Gasteiger partial charge in [-0.25, -0.2) is 0 Å². The van der Waals surface area contributed by atoms with Crippen LogP contribution in [-0.4, -0.2) is 30.7 Å². The number of hydrogen-bond acceptors (Lipinski definition) is 4. The summed E-state index contributed by atoms with van der Waals surface area (Å²) in [6, 6.07) is 7.50. The van der Waals surface area contributed by atoms with E-state index < -0.39 is 0 Å². The van der Waals surface area contributed by atoms with Crippen molar-refractivity contribution in [3.8, 4) is 0 Å². The van der Waals surface area contributed by atoms with Crippen LogP contribution in [0.2, 0.25) is 0 Å². The van der Waals surface area contributed by atoms with Crippen LogP contribution in [0.1, 0.15) is 13.3 Å². The maximum Gasteiger partial charge on any atom is 0.221 e. The Balaban J connectivity index is 1.82. The molecule has 0 saturated carbocycles. The minimum atomic E-state index is -0.0863. The van der Waals surface area contributed by atoms with Crippen molar-refractivity contribution in [1.82, 2.24) is 0 Å². The van der Waals surface area contributed by atoms with Crippen molar-refractivity contribution in [2.75, 3.05) is 24.3 Å². The number of carbonyl (C=O) groups is 2. The average Bonchev–Trinajstić information content (AvgIpc) is 2.91. The van der Waals surface area contributed by atoms with E-state index in [1.54, 1.807) is 0 Å². The third-order valence-corrected chi connectivity index (χ3v) is 3.98. The summed E-state index contributed by atoms with van der Waals surface area (Å²) in [5, 5.41) is 2.71. The van der Waals surface area contributed by atoms with Crippen LogP contribution in [0.3, 0.4) is 0 Å². The Morgan fingerprint density at radius 1 is 1.37 bits per heavy atom. The zero-order valence-corrected chi connectivity index (χ0v) is 11.7. The molecule has 1 aliphatic heterocycles. The number of thioether (sulfide) groups is 1. The first kappa shape index (κ1) is 14.1. The van der Waals surface area contributed by atoms with E-state index in [0.29, 0.717) is 19.0 Å². The van der Waals surface area contributed by atoms with Gasteiger partial charge in [-0.3, -0.25) is 9.59 Å². The number of anilines is 1. The molecule has 1 amide bonds. The van der Waals surface area contributed by atoms with Crippen LogP contribution >= 0.6 is 11.8 Å². The fourth-order valence-electron chi connectivity index (χ4n) is 1.90. The number of nitrogens with one attached hydrogen (secondary N) is 1.